The molecular formula is C18H13F5N2. The molecule has 0 spiro atoms. The molecule has 25 heavy (non-hydrogen) atoms. The maximum atomic E-state index is 13.5. The average molecular weight is 352 g/mol. The molecule has 0 aliphatic heterocycles. The van der Waals surface area contributed by atoms with Crippen molar-refractivity contribution in [3.8, 4) is 5.69 Å². The number of para-hydroxylation sites is 1. The standard InChI is InChI=1S/C18H13F5N2/c1-10(11-7-14(19)16(21)15(20)8-11)13-9-25(24-17(13)18(22)23)12-5-3-2-4-6-12/h2-10,18H,1H3. The molecule has 0 bridgehead atoms. The van der Waals surface area contributed by atoms with Gasteiger partial charge in [-0.15, -0.1) is 0 Å². The van der Waals surface area contributed by atoms with E-state index in [1.54, 1.807) is 30.3 Å². The Kier molecular flexibility index (Phi) is 4.57. The summed E-state index contributed by atoms with van der Waals surface area (Å²) in [5.74, 6) is -5.12. The van der Waals surface area contributed by atoms with Crippen molar-refractivity contribution in [2.45, 2.75) is 19.3 Å². The largest absolute Gasteiger partial charge is 0.282 e. The summed E-state index contributed by atoms with van der Waals surface area (Å²) in [6.45, 7) is 1.50. The van der Waals surface area contributed by atoms with Crippen molar-refractivity contribution in [3.63, 3.8) is 0 Å². The third-order valence-electron chi connectivity index (χ3n) is 3.97. The van der Waals surface area contributed by atoms with Gasteiger partial charge in [0.05, 0.1) is 5.69 Å². The fourth-order valence-electron chi connectivity index (χ4n) is 2.62. The van der Waals surface area contributed by atoms with E-state index in [2.05, 4.69) is 5.10 Å². The van der Waals surface area contributed by atoms with Gasteiger partial charge >= 0.3 is 0 Å². The van der Waals surface area contributed by atoms with Crippen molar-refractivity contribution < 1.29 is 22.0 Å². The summed E-state index contributed by atoms with van der Waals surface area (Å²) in [5.41, 5.74) is 0.246. The Hall–Kier alpha value is -2.70. The first-order valence-corrected chi connectivity index (χ1v) is 7.46. The molecule has 0 aliphatic carbocycles. The van der Waals surface area contributed by atoms with Crippen molar-refractivity contribution in [2.75, 3.05) is 0 Å². The molecule has 0 saturated heterocycles. The first-order chi connectivity index (χ1) is 11.9. The molecule has 0 saturated carbocycles. The van der Waals surface area contributed by atoms with E-state index in [1.165, 1.54) is 17.8 Å². The van der Waals surface area contributed by atoms with Crippen LogP contribution >= 0.6 is 0 Å². The smallest absolute Gasteiger partial charge is 0.240 e. The van der Waals surface area contributed by atoms with Crippen LogP contribution in [0.2, 0.25) is 0 Å². The Morgan fingerprint density at radius 2 is 1.56 bits per heavy atom. The highest BCUT2D eigenvalue weighted by Crippen LogP contribution is 2.33. The van der Waals surface area contributed by atoms with Gasteiger partial charge in [-0.05, 0) is 29.8 Å². The normalized spacial score (nSPS) is 12.6. The van der Waals surface area contributed by atoms with E-state index in [1.807, 2.05) is 0 Å². The monoisotopic (exact) mass is 352 g/mol. The Balaban J connectivity index is 2.08. The molecule has 0 fully saturated rings. The SMILES string of the molecule is CC(c1cc(F)c(F)c(F)c1)c1cn(-c2ccccc2)nc1C(F)F. The average Bonchev–Trinajstić information content (AvgIpc) is 3.05. The van der Waals surface area contributed by atoms with Crippen LogP contribution in [0.1, 0.15) is 36.1 Å². The zero-order valence-electron chi connectivity index (χ0n) is 13.1. The van der Waals surface area contributed by atoms with Crippen LogP contribution < -0.4 is 0 Å². The maximum absolute atomic E-state index is 13.5. The second-order valence-electron chi connectivity index (χ2n) is 5.57. The molecule has 0 amide bonds. The molecule has 0 aliphatic rings. The van der Waals surface area contributed by atoms with Gasteiger partial charge in [-0.1, -0.05) is 25.1 Å². The molecular weight excluding hydrogens is 339 g/mol. The summed E-state index contributed by atoms with van der Waals surface area (Å²) in [6, 6.07) is 10.2. The molecule has 1 unspecified atom stereocenters. The molecule has 2 aromatic carbocycles. The van der Waals surface area contributed by atoms with Gasteiger partial charge in [0.25, 0.3) is 6.43 Å². The minimum atomic E-state index is -2.86. The van der Waals surface area contributed by atoms with Gasteiger partial charge in [0.2, 0.25) is 0 Å². The molecule has 0 N–H and O–H groups in total. The third-order valence-corrected chi connectivity index (χ3v) is 3.97. The first kappa shape index (κ1) is 17.1. The maximum Gasteiger partial charge on any atom is 0.282 e. The number of benzene rings is 2. The molecule has 3 rings (SSSR count). The van der Waals surface area contributed by atoms with Gasteiger partial charge in [0, 0.05) is 17.7 Å². The highest BCUT2D eigenvalue weighted by molar-refractivity contribution is 5.38. The van der Waals surface area contributed by atoms with Crippen molar-refractivity contribution in [3.05, 3.63) is 82.9 Å². The van der Waals surface area contributed by atoms with Crippen LogP contribution in [-0.2, 0) is 0 Å². The first-order valence-electron chi connectivity index (χ1n) is 7.46. The summed E-state index contributed by atoms with van der Waals surface area (Å²) in [7, 11) is 0. The van der Waals surface area contributed by atoms with Crippen LogP contribution in [0.5, 0.6) is 0 Å². The van der Waals surface area contributed by atoms with Gasteiger partial charge in [-0.25, -0.2) is 26.6 Å². The second kappa shape index (κ2) is 6.66. The number of nitrogens with zero attached hydrogens (tertiary/aromatic N) is 2. The van der Waals surface area contributed by atoms with E-state index >= 15 is 0 Å². The highest BCUT2D eigenvalue weighted by Gasteiger charge is 2.25. The van der Waals surface area contributed by atoms with Crippen LogP contribution in [0.3, 0.4) is 0 Å². The number of halogens is 5. The number of hydrogen-bond donors (Lipinski definition) is 0. The minimum absolute atomic E-state index is 0.0471. The lowest BCUT2D eigenvalue weighted by Crippen LogP contribution is -2.03. The number of rotatable bonds is 4. The van der Waals surface area contributed by atoms with E-state index in [9.17, 15) is 22.0 Å². The van der Waals surface area contributed by atoms with E-state index in [0.717, 1.165) is 12.1 Å². The van der Waals surface area contributed by atoms with Crippen molar-refractivity contribution in [1.82, 2.24) is 9.78 Å². The van der Waals surface area contributed by atoms with Crippen molar-refractivity contribution in [1.29, 1.82) is 0 Å². The molecule has 1 atom stereocenters. The summed E-state index contributed by atoms with van der Waals surface area (Å²) < 4.78 is 68.1. The van der Waals surface area contributed by atoms with Crippen LogP contribution in [0.4, 0.5) is 22.0 Å². The molecule has 130 valence electrons. The lowest BCUT2D eigenvalue weighted by Gasteiger charge is -2.12. The number of alkyl halides is 2. The van der Waals surface area contributed by atoms with Crippen molar-refractivity contribution >= 4 is 0 Å². The fraction of sp³-hybridized carbons (Fsp3) is 0.167. The molecule has 1 aromatic heterocycles. The summed E-state index contributed by atoms with van der Waals surface area (Å²) in [4.78, 5) is 0. The van der Waals surface area contributed by atoms with Crippen LogP contribution in [-0.4, -0.2) is 9.78 Å². The predicted molar refractivity (Wildman–Crippen MR) is 82.4 cm³/mol. The fourth-order valence-corrected chi connectivity index (χ4v) is 2.62. The quantitative estimate of drug-likeness (QED) is 0.455. The van der Waals surface area contributed by atoms with Gasteiger partial charge < -0.3 is 0 Å². The molecule has 3 aromatic rings. The topological polar surface area (TPSA) is 17.8 Å². The van der Waals surface area contributed by atoms with Gasteiger partial charge in [-0.3, -0.25) is 0 Å². The number of aromatic nitrogens is 2. The van der Waals surface area contributed by atoms with Gasteiger partial charge in [0.1, 0.15) is 5.69 Å². The highest BCUT2D eigenvalue weighted by atomic mass is 19.3. The van der Waals surface area contributed by atoms with E-state index < -0.39 is 35.5 Å². The third kappa shape index (κ3) is 3.26. The zero-order chi connectivity index (χ0) is 18.1. The molecule has 1 heterocycles. The van der Waals surface area contributed by atoms with E-state index in [-0.39, 0.29) is 11.1 Å². The van der Waals surface area contributed by atoms with E-state index in [0.29, 0.717) is 5.69 Å². The molecule has 2 nitrogen and oxygen atoms in total. The van der Waals surface area contributed by atoms with Crippen LogP contribution in [0.15, 0.2) is 48.7 Å². The summed E-state index contributed by atoms with van der Waals surface area (Å²) in [6.07, 6.45) is -1.47. The Bertz CT molecular complexity index is 867. The number of hydrogen-bond acceptors (Lipinski definition) is 1. The second-order valence-corrected chi connectivity index (χ2v) is 5.57. The van der Waals surface area contributed by atoms with Crippen molar-refractivity contribution in [2.24, 2.45) is 0 Å². The Labute approximate surface area is 140 Å². The zero-order valence-corrected chi connectivity index (χ0v) is 13.1. The summed E-state index contributed by atoms with van der Waals surface area (Å²) >= 11 is 0. The molecule has 7 heteroatoms. The van der Waals surface area contributed by atoms with Gasteiger partial charge in [-0.2, -0.15) is 5.10 Å². The minimum Gasteiger partial charge on any atom is -0.240 e. The lowest BCUT2D eigenvalue weighted by atomic mass is 9.93. The van der Waals surface area contributed by atoms with Crippen LogP contribution in [0, 0.1) is 17.5 Å². The summed E-state index contributed by atoms with van der Waals surface area (Å²) in [5, 5.41) is 3.89. The predicted octanol–water partition coefficient (Wildman–Crippen LogP) is 5.38. The van der Waals surface area contributed by atoms with E-state index in [4.69, 9.17) is 0 Å². The Morgan fingerprint density at radius 1 is 0.960 bits per heavy atom. The van der Waals surface area contributed by atoms with Crippen LogP contribution in [0.25, 0.3) is 5.69 Å². The Morgan fingerprint density at radius 3 is 2.12 bits per heavy atom. The lowest BCUT2D eigenvalue weighted by molar-refractivity contribution is 0.144. The molecule has 0 radical (unpaired) electrons. The van der Waals surface area contributed by atoms with Gasteiger partial charge in [0.15, 0.2) is 17.5 Å².